The Morgan fingerprint density at radius 3 is 2.38 bits per heavy atom. The Balaban J connectivity index is 0.00000144. The molecule has 1 aromatic rings. The Bertz CT molecular complexity index is 250. The van der Waals surface area contributed by atoms with E-state index in [1.807, 2.05) is 6.07 Å². The zero-order valence-electron chi connectivity index (χ0n) is 8.13. The third kappa shape index (κ3) is 5.45. The molecule has 1 aromatic carbocycles. The van der Waals surface area contributed by atoms with Gasteiger partial charge in [0, 0.05) is 5.56 Å². The molecule has 0 radical (unpaired) electrons. The average molecular weight is 198 g/mol. The summed E-state index contributed by atoms with van der Waals surface area (Å²) >= 11 is 0. The number of benzene rings is 1. The highest BCUT2D eigenvalue weighted by Gasteiger charge is 1.90. The van der Waals surface area contributed by atoms with Crippen LogP contribution in [0.4, 0.5) is 0 Å². The lowest BCUT2D eigenvalue weighted by Crippen LogP contribution is -3.00. The fourth-order valence-corrected chi connectivity index (χ4v) is 1.04. The van der Waals surface area contributed by atoms with Crippen LogP contribution in [0.3, 0.4) is 0 Å². The minimum Gasteiger partial charge on any atom is -1.00 e. The number of halogens is 1. The number of nitrogens with two attached hydrogens (primary N) is 1. The quantitative estimate of drug-likeness (QED) is 0.619. The van der Waals surface area contributed by atoms with Crippen molar-refractivity contribution in [3.63, 3.8) is 0 Å². The summed E-state index contributed by atoms with van der Waals surface area (Å²) < 4.78 is 0. The highest BCUT2D eigenvalue weighted by atomic mass is 35.5. The highest BCUT2D eigenvalue weighted by molar-refractivity contribution is 5.13. The Morgan fingerprint density at radius 1 is 1.23 bits per heavy atom. The summed E-state index contributed by atoms with van der Waals surface area (Å²) in [5, 5.41) is 2.20. The molecule has 0 atom stereocenters. The Labute approximate surface area is 86.3 Å². The third-order valence-electron chi connectivity index (χ3n) is 1.65. The van der Waals surface area contributed by atoms with Gasteiger partial charge in [-0.25, -0.2) is 0 Å². The molecule has 1 nitrogen and oxygen atoms in total. The van der Waals surface area contributed by atoms with Crippen LogP contribution in [0.1, 0.15) is 19.4 Å². The van der Waals surface area contributed by atoms with Gasteiger partial charge in [-0.05, 0) is 19.4 Å². The monoisotopic (exact) mass is 197 g/mol. The summed E-state index contributed by atoms with van der Waals surface area (Å²) in [5.74, 6) is 0. The largest absolute Gasteiger partial charge is 1.00 e. The van der Waals surface area contributed by atoms with Crippen LogP contribution >= 0.6 is 0 Å². The normalized spacial score (nSPS) is 8.77. The van der Waals surface area contributed by atoms with E-state index in [1.54, 1.807) is 0 Å². The lowest BCUT2D eigenvalue weighted by molar-refractivity contribution is -0.605. The van der Waals surface area contributed by atoms with Crippen molar-refractivity contribution in [2.75, 3.05) is 0 Å². The van der Waals surface area contributed by atoms with Crippen LogP contribution < -0.4 is 17.7 Å². The standard InChI is InChI=1S/C11H15N.ClH/c1-10(2)8-12-9-11-6-4-3-5-7-11;/h3-8,12H,9H2,1-2H3;1H. The van der Waals surface area contributed by atoms with E-state index in [2.05, 4.69) is 49.6 Å². The predicted molar refractivity (Wildman–Crippen MR) is 51.5 cm³/mol. The molecule has 0 amide bonds. The fourth-order valence-electron chi connectivity index (χ4n) is 1.04. The Kier molecular flexibility index (Phi) is 6.29. The van der Waals surface area contributed by atoms with Crippen LogP contribution in [-0.2, 0) is 6.54 Å². The fraction of sp³-hybridized carbons (Fsp3) is 0.273. The average Bonchev–Trinajstić information content (AvgIpc) is 2.05. The van der Waals surface area contributed by atoms with Crippen molar-refractivity contribution in [1.82, 2.24) is 0 Å². The molecule has 0 saturated heterocycles. The Hall–Kier alpha value is -0.790. The minimum absolute atomic E-state index is 0. The summed E-state index contributed by atoms with van der Waals surface area (Å²) in [6, 6.07) is 10.5. The second-order valence-electron chi connectivity index (χ2n) is 3.17. The lowest BCUT2D eigenvalue weighted by atomic mass is 10.2. The summed E-state index contributed by atoms with van der Waals surface area (Å²) in [7, 11) is 0. The van der Waals surface area contributed by atoms with Crippen LogP contribution in [0.5, 0.6) is 0 Å². The first kappa shape index (κ1) is 12.2. The molecule has 2 heteroatoms. The van der Waals surface area contributed by atoms with Crippen LogP contribution in [0.2, 0.25) is 0 Å². The molecule has 0 heterocycles. The molecule has 13 heavy (non-hydrogen) atoms. The second kappa shape index (κ2) is 6.70. The maximum atomic E-state index is 2.20. The van der Waals surface area contributed by atoms with Crippen LogP contribution in [0.15, 0.2) is 42.1 Å². The number of allylic oxidation sites excluding steroid dienone is 1. The van der Waals surface area contributed by atoms with Gasteiger partial charge in [0.1, 0.15) is 6.54 Å². The van der Waals surface area contributed by atoms with Crippen molar-refractivity contribution in [3.8, 4) is 0 Å². The van der Waals surface area contributed by atoms with Gasteiger partial charge in [-0.3, -0.25) is 0 Å². The van der Waals surface area contributed by atoms with Gasteiger partial charge in [-0.2, -0.15) is 0 Å². The molecule has 0 aliphatic rings. The summed E-state index contributed by atoms with van der Waals surface area (Å²) in [4.78, 5) is 0. The van der Waals surface area contributed by atoms with Gasteiger partial charge in [0.05, 0.1) is 6.20 Å². The van der Waals surface area contributed by atoms with E-state index in [4.69, 9.17) is 0 Å². The number of rotatable bonds is 3. The molecule has 1 rings (SSSR count). The first-order valence-electron chi connectivity index (χ1n) is 4.29. The van der Waals surface area contributed by atoms with E-state index in [-0.39, 0.29) is 12.4 Å². The van der Waals surface area contributed by atoms with Crippen molar-refractivity contribution >= 4 is 0 Å². The lowest BCUT2D eigenvalue weighted by Gasteiger charge is -1.96. The first-order valence-corrected chi connectivity index (χ1v) is 4.29. The topological polar surface area (TPSA) is 16.6 Å². The van der Waals surface area contributed by atoms with E-state index >= 15 is 0 Å². The van der Waals surface area contributed by atoms with E-state index in [0.717, 1.165) is 6.54 Å². The molecule has 0 aliphatic carbocycles. The summed E-state index contributed by atoms with van der Waals surface area (Å²) in [6.45, 7) is 5.26. The molecule has 2 N–H and O–H groups in total. The molecule has 72 valence electrons. The van der Waals surface area contributed by atoms with Crippen LogP contribution in [0, 0.1) is 0 Å². The SMILES string of the molecule is CC(C)=C[NH2+]Cc1ccccc1.[Cl-]. The molecule has 0 bridgehead atoms. The van der Waals surface area contributed by atoms with Crippen molar-refractivity contribution < 1.29 is 17.7 Å². The van der Waals surface area contributed by atoms with Gasteiger partial charge in [0.2, 0.25) is 0 Å². The molecule has 0 fully saturated rings. The zero-order chi connectivity index (χ0) is 8.81. The second-order valence-corrected chi connectivity index (χ2v) is 3.17. The van der Waals surface area contributed by atoms with E-state index in [1.165, 1.54) is 11.1 Å². The van der Waals surface area contributed by atoms with Gasteiger partial charge in [-0.1, -0.05) is 30.3 Å². The molecular weight excluding hydrogens is 182 g/mol. The zero-order valence-corrected chi connectivity index (χ0v) is 8.88. The molecule has 0 aliphatic heterocycles. The molecular formula is C11H16ClN. The molecule has 0 unspecified atom stereocenters. The van der Waals surface area contributed by atoms with E-state index in [0.29, 0.717) is 0 Å². The summed E-state index contributed by atoms with van der Waals surface area (Å²) in [6.07, 6.45) is 2.16. The van der Waals surface area contributed by atoms with Gasteiger partial charge >= 0.3 is 0 Å². The number of quaternary nitrogens is 1. The van der Waals surface area contributed by atoms with Crippen LogP contribution in [0.25, 0.3) is 0 Å². The van der Waals surface area contributed by atoms with Gasteiger partial charge in [0.15, 0.2) is 0 Å². The van der Waals surface area contributed by atoms with Crippen molar-refractivity contribution in [2.45, 2.75) is 20.4 Å². The van der Waals surface area contributed by atoms with Crippen molar-refractivity contribution in [3.05, 3.63) is 47.7 Å². The Morgan fingerprint density at radius 2 is 1.85 bits per heavy atom. The van der Waals surface area contributed by atoms with Crippen molar-refractivity contribution in [1.29, 1.82) is 0 Å². The smallest absolute Gasteiger partial charge is 0.105 e. The molecule has 0 aromatic heterocycles. The van der Waals surface area contributed by atoms with E-state index < -0.39 is 0 Å². The van der Waals surface area contributed by atoms with Crippen LogP contribution in [-0.4, -0.2) is 0 Å². The molecule has 0 saturated carbocycles. The predicted octanol–water partition coefficient (Wildman–Crippen LogP) is -1.32. The number of hydrogen-bond acceptors (Lipinski definition) is 0. The maximum absolute atomic E-state index is 2.20. The van der Waals surface area contributed by atoms with Crippen molar-refractivity contribution in [2.24, 2.45) is 0 Å². The minimum atomic E-state index is 0. The maximum Gasteiger partial charge on any atom is 0.105 e. The number of hydrogen-bond donors (Lipinski definition) is 1. The van der Waals surface area contributed by atoms with Gasteiger partial charge < -0.3 is 17.7 Å². The first-order chi connectivity index (χ1) is 5.79. The van der Waals surface area contributed by atoms with Gasteiger partial charge in [0.25, 0.3) is 0 Å². The summed E-state index contributed by atoms with van der Waals surface area (Å²) in [5.41, 5.74) is 2.72. The third-order valence-corrected chi connectivity index (χ3v) is 1.65. The van der Waals surface area contributed by atoms with Gasteiger partial charge in [-0.15, -0.1) is 0 Å². The highest BCUT2D eigenvalue weighted by Crippen LogP contribution is 1.94. The van der Waals surface area contributed by atoms with E-state index in [9.17, 15) is 0 Å². The molecule has 0 spiro atoms.